The molecule has 29 heavy (non-hydrogen) atoms. The fraction of sp³-hybridized carbons (Fsp3) is 0.381. The highest BCUT2D eigenvalue weighted by molar-refractivity contribution is 7.13. The highest BCUT2D eigenvalue weighted by Crippen LogP contribution is 2.28. The number of piperidine rings is 1. The Balaban J connectivity index is 1.29. The van der Waals surface area contributed by atoms with Crippen LogP contribution in [0.2, 0.25) is 0 Å². The summed E-state index contributed by atoms with van der Waals surface area (Å²) in [6, 6.07) is 9.92. The van der Waals surface area contributed by atoms with Crippen molar-refractivity contribution in [3.05, 3.63) is 53.8 Å². The zero-order valence-electron chi connectivity index (χ0n) is 15.9. The average Bonchev–Trinajstić information content (AvgIpc) is 3.55. The van der Waals surface area contributed by atoms with Crippen LogP contribution >= 0.6 is 11.3 Å². The van der Waals surface area contributed by atoms with Gasteiger partial charge in [0, 0.05) is 36.1 Å². The van der Waals surface area contributed by atoms with Crippen LogP contribution in [0, 0.1) is 5.92 Å². The first-order chi connectivity index (χ1) is 14.3. The van der Waals surface area contributed by atoms with Crippen LogP contribution in [0.25, 0.3) is 16.3 Å². The summed E-state index contributed by atoms with van der Waals surface area (Å²) in [5.41, 5.74) is 2.39. The van der Waals surface area contributed by atoms with Crippen LogP contribution in [0.15, 0.2) is 48.1 Å². The Morgan fingerprint density at radius 2 is 2.00 bits per heavy atom. The van der Waals surface area contributed by atoms with Crippen molar-refractivity contribution in [2.45, 2.75) is 19.1 Å². The van der Waals surface area contributed by atoms with E-state index < -0.39 is 0 Å². The third-order valence-corrected chi connectivity index (χ3v) is 6.24. The third kappa shape index (κ3) is 3.83. The van der Waals surface area contributed by atoms with Gasteiger partial charge in [0.2, 0.25) is 0 Å². The van der Waals surface area contributed by atoms with E-state index in [1.807, 2.05) is 51.5 Å². The van der Waals surface area contributed by atoms with Crippen molar-refractivity contribution in [2.24, 2.45) is 5.92 Å². The van der Waals surface area contributed by atoms with E-state index in [0.29, 0.717) is 25.5 Å². The molecule has 5 rings (SSSR count). The third-order valence-electron chi connectivity index (χ3n) is 5.35. The molecule has 0 saturated carbocycles. The molecule has 4 heterocycles. The van der Waals surface area contributed by atoms with Gasteiger partial charge in [0.15, 0.2) is 6.29 Å². The maximum atomic E-state index is 13.0. The van der Waals surface area contributed by atoms with Gasteiger partial charge in [0.25, 0.3) is 5.91 Å². The Morgan fingerprint density at radius 1 is 1.17 bits per heavy atom. The second kappa shape index (κ2) is 8.06. The smallest absolute Gasteiger partial charge is 0.273 e. The van der Waals surface area contributed by atoms with Crippen molar-refractivity contribution in [3.63, 3.8) is 0 Å². The van der Waals surface area contributed by atoms with Crippen LogP contribution in [-0.2, 0) is 9.47 Å². The molecule has 2 aromatic heterocycles. The molecular weight excluding hydrogens is 388 g/mol. The minimum atomic E-state index is -0.180. The number of benzene rings is 1. The molecule has 1 amide bonds. The molecule has 150 valence electrons. The van der Waals surface area contributed by atoms with Gasteiger partial charge in [-0.2, -0.15) is 5.10 Å². The lowest BCUT2D eigenvalue weighted by Crippen LogP contribution is -2.43. The van der Waals surface area contributed by atoms with E-state index in [9.17, 15) is 4.79 Å². The van der Waals surface area contributed by atoms with E-state index in [4.69, 9.17) is 9.47 Å². The summed E-state index contributed by atoms with van der Waals surface area (Å²) in [5.74, 6) is 0.211. The predicted octanol–water partition coefficient (Wildman–Crippen LogP) is 3.22. The van der Waals surface area contributed by atoms with Gasteiger partial charge in [-0.05, 0) is 25.0 Å². The van der Waals surface area contributed by atoms with Crippen molar-refractivity contribution in [3.8, 4) is 16.3 Å². The summed E-state index contributed by atoms with van der Waals surface area (Å²) in [4.78, 5) is 19.5. The van der Waals surface area contributed by atoms with Gasteiger partial charge in [-0.25, -0.2) is 9.67 Å². The second-order valence-electron chi connectivity index (χ2n) is 7.31. The number of hydrogen-bond donors (Lipinski definition) is 0. The number of hydrogen-bond acceptors (Lipinski definition) is 6. The quantitative estimate of drug-likeness (QED) is 0.661. The molecule has 2 saturated heterocycles. The molecular formula is C21H22N4O3S. The van der Waals surface area contributed by atoms with Gasteiger partial charge < -0.3 is 14.4 Å². The Morgan fingerprint density at radius 3 is 2.83 bits per heavy atom. The molecule has 2 aliphatic rings. The van der Waals surface area contributed by atoms with Crippen LogP contribution in [0.4, 0.5) is 0 Å². The number of nitrogens with zero attached hydrogens (tertiary/aromatic N) is 4. The Hall–Kier alpha value is -2.55. The fourth-order valence-corrected chi connectivity index (χ4v) is 4.66. The van der Waals surface area contributed by atoms with Crippen molar-refractivity contribution < 1.29 is 14.3 Å². The summed E-state index contributed by atoms with van der Waals surface area (Å²) in [6.07, 6.45) is 5.52. The first kappa shape index (κ1) is 18.5. The lowest BCUT2D eigenvalue weighted by atomic mass is 9.97. The van der Waals surface area contributed by atoms with Crippen LogP contribution < -0.4 is 0 Å². The van der Waals surface area contributed by atoms with Crippen molar-refractivity contribution in [1.82, 2.24) is 19.7 Å². The normalized spacial score (nSPS) is 20.3. The minimum Gasteiger partial charge on any atom is -0.350 e. The number of likely N-dealkylation sites (tertiary alicyclic amines) is 1. The van der Waals surface area contributed by atoms with Gasteiger partial charge in [-0.15, -0.1) is 11.3 Å². The van der Waals surface area contributed by atoms with Crippen molar-refractivity contribution >= 4 is 17.2 Å². The highest BCUT2D eigenvalue weighted by Gasteiger charge is 2.33. The zero-order valence-corrected chi connectivity index (χ0v) is 16.8. The molecule has 2 aliphatic heterocycles. The summed E-state index contributed by atoms with van der Waals surface area (Å²) in [6.45, 7) is 2.69. The van der Waals surface area contributed by atoms with Crippen LogP contribution in [0.3, 0.4) is 0 Å². The second-order valence-corrected chi connectivity index (χ2v) is 8.17. The topological polar surface area (TPSA) is 69.5 Å². The van der Waals surface area contributed by atoms with E-state index in [0.717, 1.165) is 35.6 Å². The molecule has 3 aromatic rings. The van der Waals surface area contributed by atoms with Gasteiger partial charge in [0.1, 0.15) is 10.7 Å². The van der Waals surface area contributed by atoms with Crippen LogP contribution in [-0.4, -0.2) is 58.2 Å². The molecule has 0 aliphatic carbocycles. The maximum absolute atomic E-state index is 13.0. The summed E-state index contributed by atoms with van der Waals surface area (Å²) in [5, 5.41) is 7.06. The molecule has 1 atom stereocenters. The van der Waals surface area contributed by atoms with E-state index >= 15 is 0 Å². The number of thiazole rings is 1. The number of para-hydroxylation sites is 1. The van der Waals surface area contributed by atoms with Gasteiger partial charge in [-0.1, -0.05) is 18.2 Å². The number of carbonyl (C=O) groups is 1. The van der Waals surface area contributed by atoms with E-state index in [2.05, 4.69) is 10.1 Å². The van der Waals surface area contributed by atoms with Crippen LogP contribution in [0.1, 0.15) is 23.3 Å². The first-order valence-corrected chi connectivity index (χ1v) is 10.7. The summed E-state index contributed by atoms with van der Waals surface area (Å²) in [7, 11) is 0. The Bertz CT molecular complexity index is 981. The molecule has 0 radical (unpaired) electrons. The first-order valence-electron chi connectivity index (χ1n) is 9.86. The van der Waals surface area contributed by atoms with E-state index in [1.54, 1.807) is 6.20 Å². The summed E-state index contributed by atoms with van der Waals surface area (Å²) < 4.78 is 13.1. The largest absolute Gasteiger partial charge is 0.350 e. The van der Waals surface area contributed by atoms with E-state index in [1.165, 1.54) is 11.3 Å². The van der Waals surface area contributed by atoms with Gasteiger partial charge in [0.05, 0.1) is 25.1 Å². The SMILES string of the molecule is O=C(c1csc(-c2cnn(-c3ccccc3)c2)n1)N1CCCC(C2OCCO2)C1. The van der Waals surface area contributed by atoms with Crippen LogP contribution in [0.5, 0.6) is 0 Å². The standard InChI is InChI=1S/C21H22N4O3S/c26-20(24-8-4-5-15(12-24)21-27-9-10-28-21)18-14-29-19(23-18)16-11-22-25(13-16)17-6-2-1-3-7-17/h1-3,6-7,11,13-15,21H,4-5,8-10,12H2. The predicted molar refractivity (Wildman–Crippen MR) is 109 cm³/mol. The number of ether oxygens (including phenoxy) is 2. The molecule has 0 bridgehead atoms. The Labute approximate surface area is 172 Å². The Kier molecular flexibility index (Phi) is 5.13. The van der Waals surface area contributed by atoms with E-state index in [-0.39, 0.29) is 18.1 Å². The summed E-state index contributed by atoms with van der Waals surface area (Å²) >= 11 is 1.47. The van der Waals surface area contributed by atoms with Gasteiger partial charge in [-0.3, -0.25) is 4.79 Å². The van der Waals surface area contributed by atoms with Gasteiger partial charge >= 0.3 is 0 Å². The maximum Gasteiger partial charge on any atom is 0.273 e. The number of rotatable bonds is 4. The molecule has 8 heteroatoms. The molecule has 2 fully saturated rings. The molecule has 7 nitrogen and oxygen atoms in total. The molecule has 0 N–H and O–H groups in total. The number of carbonyl (C=O) groups excluding carboxylic acids is 1. The number of aromatic nitrogens is 3. The minimum absolute atomic E-state index is 0.0225. The monoisotopic (exact) mass is 410 g/mol. The average molecular weight is 410 g/mol. The lowest BCUT2D eigenvalue weighted by Gasteiger charge is -2.34. The fourth-order valence-electron chi connectivity index (χ4n) is 3.89. The molecule has 0 spiro atoms. The number of amides is 1. The van der Waals surface area contributed by atoms with Crippen molar-refractivity contribution in [2.75, 3.05) is 26.3 Å². The molecule has 1 unspecified atom stereocenters. The molecule has 1 aromatic carbocycles. The highest BCUT2D eigenvalue weighted by atomic mass is 32.1. The zero-order chi connectivity index (χ0) is 19.6. The lowest BCUT2D eigenvalue weighted by molar-refractivity contribution is -0.0969. The van der Waals surface area contributed by atoms with Crippen molar-refractivity contribution in [1.29, 1.82) is 0 Å².